The summed E-state index contributed by atoms with van der Waals surface area (Å²) >= 11 is 1.78. The van der Waals surface area contributed by atoms with Crippen LogP contribution in [0.5, 0.6) is 0 Å². The molecular weight excluding hydrogens is 182 g/mol. The van der Waals surface area contributed by atoms with Crippen LogP contribution in [0, 0.1) is 6.92 Å². The second kappa shape index (κ2) is 4.22. The highest BCUT2D eigenvalue weighted by atomic mass is 32.1. The number of hydrogen-bond donors (Lipinski definition) is 1. The lowest BCUT2D eigenvalue weighted by atomic mass is 10.2. The van der Waals surface area contributed by atoms with Crippen molar-refractivity contribution in [1.29, 1.82) is 0 Å². The van der Waals surface area contributed by atoms with Crippen LogP contribution in [0.2, 0.25) is 0 Å². The minimum atomic E-state index is 0.569. The van der Waals surface area contributed by atoms with Crippen LogP contribution in [0.25, 0.3) is 0 Å². The monoisotopic (exact) mass is 197 g/mol. The molecule has 0 amide bonds. The number of ether oxygens (including phenoxy) is 1. The average molecular weight is 197 g/mol. The van der Waals surface area contributed by atoms with Crippen molar-refractivity contribution in [2.75, 3.05) is 13.2 Å². The number of aryl methyl sites for hydroxylation is 1. The van der Waals surface area contributed by atoms with Gasteiger partial charge in [-0.1, -0.05) is 0 Å². The van der Waals surface area contributed by atoms with Crippen LogP contribution in [0.1, 0.15) is 17.5 Å². The number of nitrogens with one attached hydrogen (secondary N) is 1. The van der Waals surface area contributed by atoms with E-state index in [9.17, 15) is 0 Å². The van der Waals surface area contributed by atoms with Crippen molar-refractivity contribution in [3.8, 4) is 0 Å². The molecule has 0 radical (unpaired) electrons. The second-order valence-corrected chi connectivity index (χ2v) is 4.27. The van der Waals surface area contributed by atoms with Gasteiger partial charge in [0.15, 0.2) is 0 Å². The molecule has 2 rings (SSSR count). The molecule has 3 heteroatoms. The van der Waals surface area contributed by atoms with Gasteiger partial charge in [0.25, 0.3) is 0 Å². The molecule has 1 saturated heterocycles. The van der Waals surface area contributed by atoms with Gasteiger partial charge in [0, 0.05) is 19.2 Å². The zero-order chi connectivity index (χ0) is 9.10. The molecule has 1 aromatic rings. The van der Waals surface area contributed by atoms with E-state index in [0.29, 0.717) is 6.04 Å². The van der Waals surface area contributed by atoms with Gasteiger partial charge in [0.05, 0.1) is 6.61 Å². The van der Waals surface area contributed by atoms with Crippen molar-refractivity contribution < 1.29 is 4.74 Å². The van der Waals surface area contributed by atoms with Gasteiger partial charge < -0.3 is 10.1 Å². The third-order valence-corrected chi connectivity index (χ3v) is 3.38. The van der Waals surface area contributed by atoms with Gasteiger partial charge in [-0.2, -0.15) is 11.3 Å². The third-order valence-electron chi connectivity index (χ3n) is 2.47. The summed E-state index contributed by atoms with van der Waals surface area (Å²) in [7, 11) is 0. The normalized spacial score (nSPS) is 22.4. The summed E-state index contributed by atoms with van der Waals surface area (Å²) in [5, 5.41) is 7.92. The van der Waals surface area contributed by atoms with Crippen LogP contribution >= 0.6 is 11.3 Å². The fourth-order valence-electron chi connectivity index (χ4n) is 1.52. The van der Waals surface area contributed by atoms with E-state index in [1.54, 1.807) is 11.3 Å². The summed E-state index contributed by atoms with van der Waals surface area (Å²) < 4.78 is 5.30. The van der Waals surface area contributed by atoms with Gasteiger partial charge >= 0.3 is 0 Å². The van der Waals surface area contributed by atoms with E-state index in [-0.39, 0.29) is 0 Å². The highest BCUT2D eigenvalue weighted by Crippen LogP contribution is 2.14. The Hall–Kier alpha value is -0.380. The first-order valence-corrected chi connectivity index (χ1v) is 5.63. The Morgan fingerprint density at radius 2 is 2.54 bits per heavy atom. The second-order valence-electron chi connectivity index (χ2n) is 3.52. The van der Waals surface area contributed by atoms with E-state index >= 15 is 0 Å². The van der Waals surface area contributed by atoms with E-state index in [2.05, 4.69) is 23.0 Å². The van der Waals surface area contributed by atoms with Gasteiger partial charge in [-0.15, -0.1) is 0 Å². The van der Waals surface area contributed by atoms with Crippen LogP contribution in [0.4, 0.5) is 0 Å². The van der Waals surface area contributed by atoms with Gasteiger partial charge in [-0.25, -0.2) is 0 Å². The molecule has 0 bridgehead atoms. The number of rotatable bonds is 3. The van der Waals surface area contributed by atoms with Gasteiger partial charge in [0.1, 0.15) is 0 Å². The summed E-state index contributed by atoms with van der Waals surface area (Å²) in [4.78, 5) is 0. The van der Waals surface area contributed by atoms with Crippen molar-refractivity contribution in [2.24, 2.45) is 0 Å². The van der Waals surface area contributed by atoms with Crippen molar-refractivity contribution >= 4 is 11.3 Å². The summed E-state index contributed by atoms with van der Waals surface area (Å²) in [5.41, 5.74) is 2.83. The van der Waals surface area contributed by atoms with Gasteiger partial charge in [-0.3, -0.25) is 0 Å². The predicted octanol–water partition coefficient (Wildman–Crippen LogP) is 1.94. The molecule has 1 aliphatic heterocycles. The lowest BCUT2D eigenvalue weighted by Gasteiger charge is -2.09. The molecule has 1 N–H and O–H groups in total. The van der Waals surface area contributed by atoms with Crippen LogP contribution in [-0.2, 0) is 11.3 Å². The maximum Gasteiger partial charge on any atom is 0.0620 e. The average Bonchev–Trinajstić information content (AvgIpc) is 2.72. The Kier molecular flexibility index (Phi) is 2.98. The molecule has 1 aliphatic rings. The van der Waals surface area contributed by atoms with Gasteiger partial charge in [0.2, 0.25) is 0 Å². The van der Waals surface area contributed by atoms with Crippen LogP contribution in [0.15, 0.2) is 10.8 Å². The molecule has 1 fully saturated rings. The maximum absolute atomic E-state index is 5.30. The van der Waals surface area contributed by atoms with E-state index in [4.69, 9.17) is 4.74 Å². The van der Waals surface area contributed by atoms with Crippen molar-refractivity contribution in [3.63, 3.8) is 0 Å². The van der Waals surface area contributed by atoms with E-state index < -0.39 is 0 Å². The molecule has 1 unspecified atom stereocenters. The third kappa shape index (κ3) is 2.30. The molecule has 0 aromatic carbocycles. The minimum absolute atomic E-state index is 0.569. The van der Waals surface area contributed by atoms with Crippen molar-refractivity contribution in [3.05, 3.63) is 21.9 Å². The molecule has 13 heavy (non-hydrogen) atoms. The summed E-state index contributed by atoms with van der Waals surface area (Å²) in [6.07, 6.45) is 1.16. The molecule has 0 spiro atoms. The van der Waals surface area contributed by atoms with Crippen LogP contribution < -0.4 is 5.32 Å². The summed E-state index contributed by atoms with van der Waals surface area (Å²) in [6, 6.07) is 0.569. The van der Waals surface area contributed by atoms with E-state index in [0.717, 1.165) is 26.2 Å². The van der Waals surface area contributed by atoms with Crippen molar-refractivity contribution in [2.45, 2.75) is 25.9 Å². The van der Waals surface area contributed by atoms with E-state index in [1.165, 1.54) is 11.1 Å². The zero-order valence-electron chi connectivity index (χ0n) is 7.88. The predicted molar refractivity (Wildman–Crippen MR) is 55.1 cm³/mol. The fourth-order valence-corrected chi connectivity index (χ4v) is 2.37. The molecular formula is C10H15NOS. The van der Waals surface area contributed by atoms with Crippen molar-refractivity contribution in [1.82, 2.24) is 5.32 Å². The first-order chi connectivity index (χ1) is 6.36. The Balaban J connectivity index is 1.82. The lowest BCUT2D eigenvalue weighted by Crippen LogP contribution is -2.28. The quantitative estimate of drug-likeness (QED) is 0.799. The summed E-state index contributed by atoms with van der Waals surface area (Å²) in [6.45, 7) is 4.95. The smallest absolute Gasteiger partial charge is 0.0620 e. The standard InChI is InChI=1S/C10H15NOS/c1-8-6-13-7-9(8)4-11-10-2-3-12-5-10/h6-7,10-11H,2-5H2,1H3. The molecule has 1 atom stereocenters. The highest BCUT2D eigenvalue weighted by molar-refractivity contribution is 7.08. The number of hydrogen-bond acceptors (Lipinski definition) is 3. The van der Waals surface area contributed by atoms with Gasteiger partial charge in [-0.05, 0) is 35.2 Å². The van der Waals surface area contributed by atoms with Crippen LogP contribution in [-0.4, -0.2) is 19.3 Å². The Labute approximate surface area is 82.9 Å². The first kappa shape index (κ1) is 9.19. The Bertz CT molecular complexity index is 266. The largest absolute Gasteiger partial charge is 0.380 e. The minimum Gasteiger partial charge on any atom is -0.380 e. The topological polar surface area (TPSA) is 21.3 Å². The maximum atomic E-state index is 5.30. The van der Waals surface area contributed by atoms with E-state index in [1.807, 2.05) is 0 Å². The molecule has 0 saturated carbocycles. The SMILES string of the molecule is Cc1cscc1CNC1CCOC1. The van der Waals surface area contributed by atoms with Crippen LogP contribution in [0.3, 0.4) is 0 Å². The summed E-state index contributed by atoms with van der Waals surface area (Å²) in [5.74, 6) is 0. The molecule has 2 heterocycles. The molecule has 1 aromatic heterocycles. The Morgan fingerprint density at radius 1 is 1.62 bits per heavy atom. The molecule has 72 valence electrons. The molecule has 0 aliphatic carbocycles. The molecule has 2 nitrogen and oxygen atoms in total. The lowest BCUT2D eigenvalue weighted by molar-refractivity contribution is 0.190. The number of thiophene rings is 1. The zero-order valence-corrected chi connectivity index (χ0v) is 8.69. The first-order valence-electron chi connectivity index (χ1n) is 4.69. The Morgan fingerprint density at radius 3 is 3.15 bits per heavy atom. The fraction of sp³-hybridized carbons (Fsp3) is 0.600. The highest BCUT2D eigenvalue weighted by Gasteiger charge is 2.14.